The lowest BCUT2D eigenvalue weighted by Gasteiger charge is -2.38. The first-order valence-electron chi connectivity index (χ1n) is 7.64. The van der Waals surface area contributed by atoms with Crippen LogP contribution in [0, 0.1) is 0 Å². The number of nitrogens with zero attached hydrogens (tertiary/aromatic N) is 3. The van der Waals surface area contributed by atoms with Crippen LogP contribution in [0.2, 0.25) is 0 Å². The van der Waals surface area contributed by atoms with Crippen LogP contribution in [-0.2, 0) is 0 Å². The van der Waals surface area contributed by atoms with Crippen LogP contribution < -0.4 is 25.0 Å². The fourth-order valence-corrected chi connectivity index (χ4v) is 2.92. The predicted molar refractivity (Wildman–Crippen MR) is 92.6 cm³/mol. The number of hydrogen-bond donors (Lipinski definition) is 1. The third kappa shape index (κ3) is 3.11. The summed E-state index contributed by atoms with van der Waals surface area (Å²) in [6.45, 7) is 3.63. The largest absolute Gasteiger partial charge is 0.497 e. The summed E-state index contributed by atoms with van der Waals surface area (Å²) in [5.41, 5.74) is 8.90. The molecule has 122 valence electrons. The van der Waals surface area contributed by atoms with Crippen LogP contribution >= 0.6 is 0 Å². The smallest absolute Gasteiger partial charge is 0.145 e. The molecule has 0 aliphatic carbocycles. The van der Waals surface area contributed by atoms with E-state index in [9.17, 15) is 0 Å². The SMILES string of the molecule is COc1ccc(N2CCN(c3ccncc3N)CC2)c(OC)c1. The van der Waals surface area contributed by atoms with E-state index in [4.69, 9.17) is 15.2 Å². The maximum atomic E-state index is 6.02. The highest BCUT2D eigenvalue weighted by Gasteiger charge is 2.21. The van der Waals surface area contributed by atoms with E-state index >= 15 is 0 Å². The molecular formula is C17H22N4O2. The molecule has 0 atom stereocenters. The van der Waals surface area contributed by atoms with Crippen molar-refractivity contribution in [3.63, 3.8) is 0 Å². The third-order valence-electron chi connectivity index (χ3n) is 4.18. The van der Waals surface area contributed by atoms with Crippen molar-refractivity contribution in [1.82, 2.24) is 4.98 Å². The van der Waals surface area contributed by atoms with Gasteiger partial charge in [0.1, 0.15) is 11.5 Å². The van der Waals surface area contributed by atoms with Crippen LogP contribution in [0.5, 0.6) is 11.5 Å². The Morgan fingerprint density at radius 3 is 2.26 bits per heavy atom. The molecule has 0 spiro atoms. The zero-order chi connectivity index (χ0) is 16.2. The van der Waals surface area contributed by atoms with Gasteiger partial charge >= 0.3 is 0 Å². The van der Waals surface area contributed by atoms with E-state index in [1.807, 2.05) is 24.3 Å². The zero-order valence-electron chi connectivity index (χ0n) is 13.5. The van der Waals surface area contributed by atoms with Gasteiger partial charge in [-0.3, -0.25) is 4.98 Å². The lowest BCUT2D eigenvalue weighted by atomic mass is 10.2. The normalized spacial score (nSPS) is 14.7. The van der Waals surface area contributed by atoms with Crippen LogP contribution in [0.3, 0.4) is 0 Å². The minimum absolute atomic E-state index is 0.725. The third-order valence-corrected chi connectivity index (χ3v) is 4.18. The number of piperazine rings is 1. The molecule has 0 radical (unpaired) electrons. The molecule has 2 heterocycles. The number of hydrogen-bond acceptors (Lipinski definition) is 6. The van der Waals surface area contributed by atoms with Crippen molar-refractivity contribution in [3.8, 4) is 11.5 Å². The Hall–Kier alpha value is -2.63. The van der Waals surface area contributed by atoms with Gasteiger partial charge in [-0.05, 0) is 18.2 Å². The molecule has 1 aliphatic rings. The highest BCUT2D eigenvalue weighted by Crippen LogP contribution is 2.33. The number of nitrogen functional groups attached to an aromatic ring is 1. The second-order valence-electron chi connectivity index (χ2n) is 5.45. The Balaban J connectivity index is 1.73. The molecule has 2 aromatic rings. The van der Waals surface area contributed by atoms with Gasteiger partial charge in [-0.1, -0.05) is 0 Å². The zero-order valence-corrected chi connectivity index (χ0v) is 13.5. The van der Waals surface area contributed by atoms with Gasteiger partial charge in [0.2, 0.25) is 0 Å². The van der Waals surface area contributed by atoms with E-state index < -0.39 is 0 Å². The molecule has 0 unspecified atom stereocenters. The first kappa shape index (κ1) is 15.3. The highest BCUT2D eigenvalue weighted by atomic mass is 16.5. The molecule has 0 saturated carbocycles. The van der Waals surface area contributed by atoms with E-state index in [-0.39, 0.29) is 0 Å². The van der Waals surface area contributed by atoms with Crippen molar-refractivity contribution in [3.05, 3.63) is 36.7 Å². The summed E-state index contributed by atoms with van der Waals surface area (Å²) in [6, 6.07) is 7.90. The predicted octanol–water partition coefficient (Wildman–Crippen LogP) is 2.01. The lowest BCUT2D eigenvalue weighted by molar-refractivity contribution is 0.394. The van der Waals surface area contributed by atoms with E-state index in [2.05, 4.69) is 14.8 Å². The molecule has 0 amide bonds. The second kappa shape index (κ2) is 6.64. The summed E-state index contributed by atoms with van der Waals surface area (Å²) < 4.78 is 10.8. The summed E-state index contributed by atoms with van der Waals surface area (Å²) in [5, 5.41) is 0. The number of anilines is 3. The van der Waals surface area contributed by atoms with Crippen LogP contribution in [0.25, 0.3) is 0 Å². The Bertz CT molecular complexity index is 669. The lowest BCUT2D eigenvalue weighted by Crippen LogP contribution is -2.46. The minimum atomic E-state index is 0.725. The van der Waals surface area contributed by atoms with Gasteiger partial charge in [0.25, 0.3) is 0 Å². The summed E-state index contributed by atoms with van der Waals surface area (Å²) in [5.74, 6) is 1.63. The molecule has 1 saturated heterocycles. The maximum Gasteiger partial charge on any atom is 0.145 e. The number of methoxy groups -OCH3 is 2. The van der Waals surface area contributed by atoms with Crippen LogP contribution in [0.1, 0.15) is 0 Å². The van der Waals surface area contributed by atoms with E-state index in [1.54, 1.807) is 26.6 Å². The molecule has 1 aromatic carbocycles. The topological polar surface area (TPSA) is 63.9 Å². The van der Waals surface area contributed by atoms with Gasteiger partial charge in [0, 0.05) is 38.4 Å². The van der Waals surface area contributed by atoms with Crippen molar-refractivity contribution in [1.29, 1.82) is 0 Å². The number of rotatable bonds is 4. The van der Waals surface area contributed by atoms with Gasteiger partial charge < -0.3 is 25.0 Å². The summed E-state index contributed by atoms with van der Waals surface area (Å²) in [7, 11) is 3.35. The van der Waals surface area contributed by atoms with Crippen molar-refractivity contribution >= 4 is 17.1 Å². The van der Waals surface area contributed by atoms with Gasteiger partial charge in [-0.15, -0.1) is 0 Å². The number of aromatic nitrogens is 1. The quantitative estimate of drug-likeness (QED) is 0.931. The van der Waals surface area contributed by atoms with Crippen molar-refractivity contribution < 1.29 is 9.47 Å². The fourth-order valence-electron chi connectivity index (χ4n) is 2.92. The monoisotopic (exact) mass is 314 g/mol. The van der Waals surface area contributed by atoms with Gasteiger partial charge in [0.05, 0.1) is 37.5 Å². The Morgan fingerprint density at radius 1 is 0.957 bits per heavy atom. The van der Waals surface area contributed by atoms with E-state index in [0.717, 1.165) is 54.7 Å². The molecule has 1 aromatic heterocycles. The first-order valence-corrected chi connectivity index (χ1v) is 7.64. The minimum Gasteiger partial charge on any atom is -0.497 e. The standard InChI is InChI=1S/C17H22N4O2/c1-22-13-3-4-16(17(11-13)23-2)21-9-7-20(8-10-21)15-5-6-19-12-14(15)18/h3-6,11-12H,7-10,18H2,1-2H3. The molecule has 3 rings (SSSR count). The van der Waals surface area contributed by atoms with Crippen molar-refractivity contribution in [2.45, 2.75) is 0 Å². The van der Waals surface area contributed by atoms with Crippen molar-refractivity contribution in [2.24, 2.45) is 0 Å². The van der Waals surface area contributed by atoms with Crippen LogP contribution in [-0.4, -0.2) is 45.4 Å². The van der Waals surface area contributed by atoms with Crippen molar-refractivity contribution in [2.75, 3.05) is 55.9 Å². The Kier molecular flexibility index (Phi) is 4.41. The Labute approximate surface area is 136 Å². The van der Waals surface area contributed by atoms with E-state index in [0.29, 0.717) is 0 Å². The highest BCUT2D eigenvalue weighted by molar-refractivity contribution is 5.67. The average Bonchev–Trinajstić information content (AvgIpc) is 2.62. The Morgan fingerprint density at radius 2 is 1.65 bits per heavy atom. The molecular weight excluding hydrogens is 292 g/mol. The molecule has 23 heavy (non-hydrogen) atoms. The van der Waals surface area contributed by atoms with Gasteiger partial charge in [0.15, 0.2) is 0 Å². The number of ether oxygens (including phenoxy) is 2. The summed E-state index contributed by atoms with van der Waals surface area (Å²) >= 11 is 0. The summed E-state index contributed by atoms with van der Waals surface area (Å²) in [4.78, 5) is 8.67. The van der Waals surface area contributed by atoms with Crippen LogP contribution in [0.15, 0.2) is 36.7 Å². The molecule has 0 bridgehead atoms. The fraction of sp³-hybridized carbons (Fsp3) is 0.353. The van der Waals surface area contributed by atoms with Gasteiger partial charge in [-0.25, -0.2) is 0 Å². The second-order valence-corrected chi connectivity index (χ2v) is 5.45. The summed E-state index contributed by atoms with van der Waals surface area (Å²) in [6.07, 6.45) is 3.48. The van der Waals surface area contributed by atoms with Crippen LogP contribution in [0.4, 0.5) is 17.1 Å². The molecule has 6 nitrogen and oxygen atoms in total. The van der Waals surface area contributed by atoms with E-state index in [1.165, 1.54) is 0 Å². The first-order chi connectivity index (χ1) is 11.2. The average molecular weight is 314 g/mol. The number of nitrogens with two attached hydrogens (primary N) is 1. The number of benzene rings is 1. The molecule has 1 aliphatic heterocycles. The molecule has 1 fully saturated rings. The molecule has 6 heteroatoms. The maximum absolute atomic E-state index is 6.02. The van der Waals surface area contributed by atoms with Gasteiger partial charge in [-0.2, -0.15) is 0 Å². The molecule has 2 N–H and O–H groups in total. The number of pyridine rings is 1.